The summed E-state index contributed by atoms with van der Waals surface area (Å²) in [5.74, 6) is -0.736. The molecule has 0 fully saturated rings. The number of hydrogen-bond donors (Lipinski definition) is 1. The van der Waals surface area contributed by atoms with Crippen LogP contribution in [0, 0.1) is 13.8 Å². The van der Waals surface area contributed by atoms with E-state index in [0.717, 1.165) is 11.1 Å². The summed E-state index contributed by atoms with van der Waals surface area (Å²) in [6.07, 6.45) is 0. The van der Waals surface area contributed by atoms with Crippen molar-refractivity contribution in [2.24, 2.45) is 0 Å². The lowest BCUT2D eigenvalue weighted by molar-refractivity contribution is -0.120. The van der Waals surface area contributed by atoms with E-state index in [1.54, 1.807) is 18.2 Å². The highest BCUT2D eigenvalue weighted by Gasteiger charge is 2.40. The molecule has 1 aliphatic heterocycles. The van der Waals surface area contributed by atoms with Crippen LogP contribution in [0.2, 0.25) is 5.02 Å². The van der Waals surface area contributed by atoms with Gasteiger partial charge in [0.15, 0.2) is 0 Å². The molecule has 0 atom stereocenters. The fraction of sp³-hybridized carbons (Fsp3) is 0.0833. The molecule has 4 nitrogen and oxygen atoms in total. The predicted octanol–water partition coefficient (Wildman–Crippen LogP) is 5.35. The second-order valence-electron chi connectivity index (χ2n) is 6.93. The molecule has 144 valence electrons. The number of halogens is 1. The van der Waals surface area contributed by atoms with Crippen LogP contribution in [-0.2, 0) is 9.59 Å². The van der Waals surface area contributed by atoms with Gasteiger partial charge in [-0.15, -0.1) is 0 Å². The van der Waals surface area contributed by atoms with Gasteiger partial charge < -0.3 is 5.32 Å². The molecule has 0 saturated carbocycles. The Morgan fingerprint density at radius 1 is 0.793 bits per heavy atom. The van der Waals surface area contributed by atoms with E-state index >= 15 is 0 Å². The zero-order chi connectivity index (χ0) is 20.5. The largest absolute Gasteiger partial charge is 0.350 e. The number of aryl methyl sites for hydroxylation is 2. The molecule has 2 amide bonds. The van der Waals surface area contributed by atoms with E-state index in [9.17, 15) is 9.59 Å². The molecule has 0 bridgehead atoms. The van der Waals surface area contributed by atoms with Crippen molar-refractivity contribution >= 4 is 40.4 Å². The van der Waals surface area contributed by atoms with E-state index in [0.29, 0.717) is 27.5 Å². The SMILES string of the molecule is Cc1ccc(Cl)cc1NC1=C(c2ccccc2)C(=O)N(c2ccccc2C)C1=O. The van der Waals surface area contributed by atoms with Crippen LogP contribution in [0.15, 0.2) is 78.5 Å². The monoisotopic (exact) mass is 402 g/mol. The van der Waals surface area contributed by atoms with Crippen LogP contribution in [0.25, 0.3) is 5.57 Å². The second kappa shape index (κ2) is 7.57. The van der Waals surface area contributed by atoms with Gasteiger partial charge in [0.25, 0.3) is 11.8 Å². The van der Waals surface area contributed by atoms with Gasteiger partial charge in [-0.1, -0.05) is 66.2 Å². The first-order valence-corrected chi connectivity index (χ1v) is 9.62. The first-order chi connectivity index (χ1) is 14.0. The lowest BCUT2D eigenvalue weighted by Crippen LogP contribution is -2.33. The zero-order valence-electron chi connectivity index (χ0n) is 16.1. The second-order valence-corrected chi connectivity index (χ2v) is 7.37. The fourth-order valence-electron chi connectivity index (χ4n) is 3.41. The molecule has 5 heteroatoms. The van der Waals surface area contributed by atoms with Crippen molar-refractivity contribution in [3.63, 3.8) is 0 Å². The van der Waals surface area contributed by atoms with Gasteiger partial charge in [-0.3, -0.25) is 9.59 Å². The number of anilines is 2. The van der Waals surface area contributed by atoms with Crippen molar-refractivity contribution in [2.45, 2.75) is 13.8 Å². The number of nitrogens with zero attached hydrogens (tertiary/aromatic N) is 1. The van der Waals surface area contributed by atoms with Gasteiger partial charge in [0, 0.05) is 10.7 Å². The van der Waals surface area contributed by atoms with Gasteiger partial charge in [-0.25, -0.2) is 4.90 Å². The average Bonchev–Trinajstić information content (AvgIpc) is 2.96. The Morgan fingerprint density at radius 2 is 1.48 bits per heavy atom. The van der Waals surface area contributed by atoms with Crippen LogP contribution in [0.1, 0.15) is 16.7 Å². The third kappa shape index (κ3) is 3.43. The Balaban J connectivity index is 1.86. The topological polar surface area (TPSA) is 49.4 Å². The Labute approximate surface area is 174 Å². The average molecular weight is 403 g/mol. The molecule has 0 spiro atoms. The van der Waals surface area contributed by atoms with Crippen LogP contribution >= 0.6 is 11.6 Å². The highest BCUT2D eigenvalue weighted by molar-refractivity contribution is 6.46. The summed E-state index contributed by atoms with van der Waals surface area (Å²) in [7, 11) is 0. The molecule has 4 rings (SSSR count). The summed E-state index contributed by atoms with van der Waals surface area (Å²) in [5, 5.41) is 3.73. The van der Waals surface area contributed by atoms with Crippen LogP contribution in [0.4, 0.5) is 11.4 Å². The van der Waals surface area contributed by atoms with E-state index in [1.807, 2.05) is 68.4 Å². The van der Waals surface area contributed by atoms with Crippen molar-refractivity contribution in [2.75, 3.05) is 10.2 Å². The maximum atomic E-state index is 13.4. The smallest absolute Gasteiger partial charge is 0.282 e. The minimum Gasteiger partial charge on any atom is -0.350 e. The molecule has 0 radical (unpaired) electrons. The third-order valence-electron chi connectivity index (χ3n) is 4.96. The Morgan fingerprint density at radius 3 is 2.21 bits per heavy atom. The normalized spacial score (nSPS) is 14.0. The molecule has 3 aromatic carbocycles. The van der Waals surface area contributed by atoms with E-state index in [2.05, 4.69) is 5.32 Å². The minimum absolute atomic E-state index is 0.245. The van der Waals surface area contributed by atoms with Gasteiger partial charge >= 0.3 is 0 Å². The molecule has 1 heterocycles. The summed E-state index contributed by atoms with van der Waals surface area (Å²) in [5.41, 5.74) is 4.31. The molecule has 0 unspecified atom stereocenters. The number of carbonyl (C=O) groups is 2. The fourth-order valence-corrected chi connectivity index (χ4v) is 3.59. The zero-order valence-corrected chi connectivity index (χ0v) is 16.8. The van der Waals surface area contributed by atoms with E-state index in [-0.39, 0.29) is 17.5 Å². The minimum atomic E-state index is -0.387. The molecule has 1 N–H and O–H groups in total. The molecule has 0 saturated heterocycles. The molecule has 0 aliphatic carbocycles. The van der Waals surface area contributed by atoms with E-state index in [4.69, 9.17) is 11.6 Å². The van der Waals surface area contributed by atoms with Gasteiger partial charge in [-0.05, 0) is 48.7 Å². The number of nitrogens with one attached hydrogen (secondary N) is 1. The lowest BCUT2D eigenvalue weighted by Gasteiger charge is -2.18. The Hall–Kier alpha value is -3.37. The molecule has 1 aliphatic rings. The Bertz CT molecular complexity index is 1150. The van der Waals surface area contributed by atoms with Gasteiger partial charge in [0.05, 0.1) is 11.3 Å². The summed E-state index contributed by atoms with van der Waals surface area (Å²) in [4.78, 5) is 28.0. The van der Waals surface area contributed by atoms with Crippen molar-refractivity contribution < 1.29 is 9.59 Å². The molecule has 29 heavy (non-hydrogen) atoms. The van der Waals surface area contributed by atoms with Crippen molar-refractivity contribution in [1.82, 2.24) is 0 Å². The molecule has 0 aromatic heterocycles. The van der Waals surface area contributed by atoms with Crippen molar-refractivity contribution in [3.8, 4) is 0 Å². The summed E-state index contributed by atoms with van der Waals surface area (Å²) < 4.78 is 0. The third-order valence-corrected chi connectivity index (χ3v) is 5.20. The van der Waals surface area contributed by atoms with Crippen LogP contribution in [0.3, 0.4) is 0 Å². The maximum Gasteiger partial charge on any atom is 0.282 e. The number of para-hydroxylation sites is 1. The first-order valence-electron chi connectivity index (χ1n) is 9.24. The number of hydrogen-bond acceptors (Lipinski definition) is 3. The van der Waals surface area contributed by atoms with Gasteiger partial charge in [0.2, 0.25) is 0 Å². The van der Waals surface area contributed by atoms with Gasteiger partial charge in [-0.2, -0.15) is 0 Å². The van der Waals surface area contributed by atoms with E-state index in [1.165, 1.54) is 4.90 Å². The molecular formula is C24H19ClN2O2. The first kappa shape index (κ1) is 19.0. The predicted molar refractivity (Wildman–Crippen MR) is 117 cm³/mol. The highest BCUT2D eigenvalue weighted by Crippen LogP contribution is 2.35. The number of rotatable bonds is 4. The number of benzene rings is 3. The van der Waals surface area contributed by atoms with Crippen molar-refractivity contribution in [1.29, 1.82) is 0 Å². The molecular weight excluding hydrogens is 384 g/mol. The summed E-state index contributed by atoms with van der Waals surface area (Å²) in [6.45, 7) is 3.80. The lowest BCUT2D eigenvalue weighted by atomic mass is 10.0. The van der Waals surface area contributed by atoms with Crippen LogP contribution in [0.5, 0.6) is 0 Å². The van der Waals surface area contributed by atoms with Crippen LogP contribution < -0.4 is 10.2 Å². The van der Waals surface area contributed by atoms with Crippen molar-refractivity contribution in [3.05, 3.63) is 100 Å². The number of carbonyl (C=O) groups excluding carboxylic acids is 2. The van der Waals surface area contributed by atoms with Crippen LogP contribution in [-0.4, -0.2) is 11.8 Å². The summed E-state index contributed by atoms with van der Waals surface area (Å²) >= 11 is 6.15. The highest BCUT2D eigenvalue weighted by atomic mass is 35.5. The van der Waals surface area contributed by atoms with E-state index < -0.39 is 0 Å². The number of amides is 2. The standard InChI is InChI=1S/C24H19ClN2O2/c1-15-12-13-18(25)14-19(15)26-22-21(17-9-4-3-5-10-17)23(28)27(24(22)29)20-11-7-6-8-16(20)2/h3-14,26H,1-2H3. The Kier molecular flexibility index (Phi) is 4.95. The quantitative estimate of drug-likeness (QED) is 0.598. The maximum absolute atomic E-state index is 13.4. The van der Waals surface area contributed by atoms with Gasteiger partial charge in [0.1, 0.15) is 5.70 Å². The molecule has 3 aromatic rings. The summed E-state index contributed by atoms with van der Waals surface area (Å²) in [6, 6.07) is 22.0. The number of imide groups is 1.